The van der Waals surface area contributed by atoms with E-state index in [-0.39, 0.29) is 22.5 Å². The first-order valence-electron chi connectivity index (χ1n) is 9.50. The van der Waals surface area contributed by atoms with Crippen LogP contribution in [0.5, 0.6) is 0 Å². The van der Waals surface area contributed by atoms with Crippen LogP contribution in [-0.4, -0.2) is 27.4 Å². The molecule has 2 aliphatic rings. The molecule has 4 rings (SSSR count). The van der Waals surface area contributed by atoms with Crippen molar-refractivity contribution in [2.75, 3.05) is 11.4 Å². The fourth-order valence-corrected chi connectivity index (χ4v) is 5.72. The number of carbonyl (C=O) groups is 1. The molecular weight excluding hydrogens is 379 g/mol. The lowest BCUT2D eigenvalue weighted by Gasteiger charge is -2.23. The molecular formula is C21H23FN2O3S. The van der Waals surface area contributed by atoms with E-state index in [1.165, 1.54) is 56.3 Å². The monoisotopic (exact) mass is 402 g/mol. The van der Waals surface area contributed by atoms with Gasteiger partial charge in [-0.1, -0.05) is 24.6 Å². The zero-order chi connectivity index (χ0) is 19.9. The number of rotatable bonds is 5. The molecule has 0 spiro atoms. The lowest BCUT2D eigenvalue weighted by Crippen LogP contribution is -2.38. The largest absolute Gasteiger partial charge is 0.349 e. The number of hydrogen-bond donors (Lipinski definition) is 1. The van der Waals surface area contributed by atoms with E-state index in [0.29, 0.717) is 17.4 Å². The maximum absolute atomic E-state index is 14.0. The number of halogens is 1. The molecule has 2 fully saturated rings. The van der Waals surface area contributed by atoms with Crippen LogP contribution in [0.2, 0.25) is 0 Å². The van der Waals surface area contributed by atoms with E-state index >= 15 is 0 Å². The summed E-state index contributed by atoms with van der Waals surface area (Å²) in [5, 5.41) is 3.07. The van der Waals surface area contributed by atoms with Gasteiger partial charge in [-0.15, -0.1) is 0 Å². The molecule has 2 bridgehead atoms. The third-order valence-electron chi connectivity index (χ3n) is 6.00. The summed E-state index contributed by atoms with van der Waals surface area (Å²) in [5.41, 5.74) is 0.255. The second-order valence-corrected chi connectivity index (χ2v) is 9.68. The van der Waals surface area contributed by atoms with Crippen molar-refractivity contribution < 1.29 is 17.6 Å². The lowest BCUT2D eigenvalue weighted by atomic mass is 9.95. The van der Waals surface area contributed by atoms with Gasteiger partial charge in [-0.3, -0.25) is 9.10 Å². The number of benzene rings is 2. The Kier molecular flexibility index (Phi) is 4.87. The van der Waals surface area contributed by atoms with Gasteiger partial charge in [0.2, 0.25) is 0 Å². The molecule has 148 valence electrons. The Labute approximate surface area is 164 Å². The smallest absolute Gasteiger partial charge is 0.264 e. The molecule has 2 aromatic rings. The van der Waals surface area contributed by atoms with Crippen LogP contribution in [0.25, 0.3) is 0 Å². The van der Waals surface area contributed by atoms with Crippen molar-refractivity contribution >= 4 is 21.6 Å². The van der Waals surface area contributed by atoms with Gasteiger partial charge in [-0.2, -0.15) is 0 Å². The van der Waals surface area contributed by atoms with E-state index in [1.807, 2.05) is 0 Å². The summed E-state index contributed by atoms with van der Waals surface area (Å²) in [6.07, 6.45) is 4.57. The number of hydrogen-bond acceptors (Lipinski definition) is 3. The van der Waals surface area contributed by atoms with E-state index < -0.39 is 15.8 Å². The fourth-order valence-electron chi connectivity index (χ4n) is 4.47. The second kappa shape index (κ2) is 7.20. The normalized spacial score (nSPS) is 23.6. The Morgan fingerprint density at radius 3 is 2.57 bits per heavy atom. The molecule has 2 aromatic carbocycles. The number of para-hydroxylation sites is 1. The van der Waals surface area contributed by atoms with Crippen LogP contribution >= 0.6 is 0 Å². The topological polar surface area (TPSA) is 66.5 Å². The summed E-state index contributed by atoms with van der Waals surface area (Å²) in [7, 11) is -2.69. The molecule has 5 nitrogen and oxygen atoms in total. The Morgan fingerprint density at radius 2 is 1.89 bits per heavy atom. The zero-order valence-corrected chi connectivity index (χ0v) is 16.5. The van der Waals surface area contributed by atoms with Crippen molar-refractivity contribution in [2.24, 2.45) is 11.8 Å². The average molecular weight is 402 g/mol. The standard InChI is InChI=1S/C21H23FN2O3S/c1-24(20-8-3-2-7-18(20)22)28(26,27)17-6-4-5-16(13-17)21(25)23-19-12-14-9-10-15(19)11-14/h2-8,13-15,19H,9-12H2,1H3,(H,23,25)/t14?,15?,19-/m1/s1. The third-order valence-corrected chi connectivity index (χ3v) is 7.77. The van der Waals surface area contributed by atoms with E-state index in [4.69, 9.17) is 0 Å². The van der Waals surface area contributed by atoms with Gasteiger partial charge in [0.15, 0.2) is 0 Å². The number of carbonyl (C=O) groups excluding carboxylic acids is 1. The Hall–Kier alpha value is -2.41. The van der Waals surface area contributed by atoms with Gasteiger partial charge in [0.25, 0.3) is 15.9 Å². The highest BCUT2D eigenvalue weighted by molar-refractivity contribution is 7.92. The molecule has 0 saturated heterocycles. The summed E-state index contributed by atoms with van der Waals surface area (Å²) >= 11 is 0. The number of fused-ring (bicyclic) bond motifs is 2. The van der Waals surface area contributed by atoms with Gasteiger partial charge >= 0.3 is 0 Å². The molecule has 2 unspecified atom stereocenters. The van der Waals surface area contributed by atoms with Crippen LogP contribution in [0.15, 0.2) is 53.4 Å². The maximum Gasteiger partial charge on any atom is 0.264 e. The molecule has 7 heteroatoms. The van der Waals surface area contributed by atoms with Crippen molar-refractivity contribution in [3.8, 4) is 0 Å². The maximum atomic E-state index is 14.0. The minimum absolute atomic E-state index is 0.0423. The molecule has 28 heavy (non-hydrogen) atoms. The molecule has 2 aliphatic carbocycles. The highest BCUT2D eigenvalue weighted by Gasteiger charge is 2.40. The van der Waals surface area contributed by atoms with Crippen LogP contribution in [0.3, 0.4) is 0 Å². The first kappa shape index (κ1) is 18.9. The minimum atomic E-state index is -3.99. The molecule has 0 heterocycles. The van der Waals surface area contributed by atoms with Gasteiger partial charge in [0.1, 0.15) is 5.82 Å². The van der Waals surface area contributed by atoms with Crippen LogP contribution in [0.1, 0.15) is 36.0 Å². The number of nitrogens with zero attached hydrogens (tertiary/aromatic N) is 1. The highest BCUT2D eigenvalue weighted by Crippen LogP contribution is 2.44. The first-order chi connectivity index (χ1) is 13.4. The zero-order valence-electron chi connectivity index (χ0n) is 15.6. The third kappa shape index (κ3) is 3.39. The molecule has 3 atom stereocenters. The molecule has 1 amide bonds. The summed E-state index contributed by atoms with van der Waals surface area (Å²) < 4.78 is 40.8. The molecule has 0 aromatic heterocycles. The van der Waals surface area contributed by atoms with Crippen molar-refractivity contribution in [3.05, 3.63) is 59.9 Å². The molecule has 0 radical (unpaired) electrons. The average Bonchev–Trinajstić information content (AvgIpc) is 3.31. The van der Waals surface area contributed by atoms with Gasteiger partial charge in [-0.05, 0) is 61.4 Å². The number of amides is 1. The van der Waals surface area contributed by atoms with Crippen molar-refractivity contribution in [2.45, 2.75) is 36.6 Å². The minimum Gasteiger partial charge on any atom is -0.349 e. The predicted octanol–water partition coefficient (Wildman–Crippen LogP) is 3.57. The van der Waals surface area contributed by atoms with E-state index in [1.54, 1.807) is 12.1 Å². The van der Waals surface area contributed by atoms with E-state index in [2.05, 4.69) is 5.32 Å². The van der Waals surface area contributed by atoms with E-state index in [9.17, 15) is 17.6 Å². The Bertz CT molecular complexity index is 1010. The van der Waals surface area contributed by atoms with Crippen LogP contribution in [0, 0.1) is 17.7 Å². The quantitative estimate of drug-likeness (QED) is 0.831. The number of sulfonamides is 1. The van der Waals surface area contributed by atoms with Gasteiger partial charge < -0.3 is 5.32 Å². The van der Waals surface area contributed by atoms with Gasteiger partial charge in [0.05, 0.1) is 10.6 Å². The molecule has 1 N–H and O–H groups in total. The van der Waals surface area contributed by atoms with Gasteiger partial charge in [-0.25, -0.2) is 12.8 Å². The Morgan fingerprint density at radius 1 is 1.11 bits per heavy atom. The van der Waals surface area contributed by atoms with Crippen molar-refractivity contribution in [3.63, 3.8) is 0 Å². The van der Waals surface area contributed by atoms with E-state index in [0.717, 1.165) is 17.1 Å². The lowest BCUT2D eigenvalue weighted by molar-refractivity contribution is 0.0922. The number of anilines is 1. The molecule has 0 aliphatic heterocycles. The molecule has 2 saturated carbocycles. The summed E-state index contributed by atoms with van der Waals surface area (Å²) in [6.45, 7) is 0. The summed E-state index contributed by atoms with van der Waals surface area (Å²) in [5.74, 6) is 0.353. The van der Waals surface area contributed by atoms with Crippen LogP contribution < -0.4 is 9.62 Å². The Balaban J connectivity index is 1.56. The summed E-state index contributed by atoms with van der Waals surface area (Å²) in [4.78, 5) is 12.6. The first-order valence-corrected chi connectivity index (χ1v) is 10.9. The predicted molar refractivity (Wildman–Crippen MR) is 105 cm³/mol. The van der Waals surface area contributed by atoms with Crippen LogP contribution in [0.4, 0.5) is 10.1 Å². The number of nitrogens with one attached hydrogen (secondary N) is 1. The van der Waals surface area contributed by atoms with Gasteiger partial charge in [0, 0.05) is 18.7 Å². The van der Waals surface area contributed by atoms with Crippen molar-refractivity contribution in [1.82, 2.24) is 5.32 Å². The SMILES string of the molecule is CN(c1ccccc1F)S(=O)(=O)c1cccc(C(=O)N[C@@H]2CC3CCC2C3)c1. The van der Waals surface area contributed by atoms with Crippen LogP contribution in [-0.2, 0) is 10.0 Å². The van der Waals surface area contributed by atoms with Crippen molar-refractivity contribution in [1.29, 1.82) is 0 Å². The summed E-state index contributed by atoms with van der Waals surface area (Å²) in [6, 6.07) is 11.8. The fraction of sp³-hybridized carbons (Fsp3) is 0.381. The highest BCUT2D eigenvalue weighted by atomic mass is 32.2. The second-order valence-electron chi connectivity index (χ2n) is 7.71.